The predicted molar refractivity (Wildman–Crippen MR) is 96.3 cm³/mol. The highest BCUT2D eigenvalue weighted by molar-refractivity contribution is 5.85. The van der Waals surface area contributed by atoms with Crippen molar-refractivity contribution >= 4 is 22.7 Å². The average molecular weight is 349 g/mol. The van der Waals surface area contributed by atoms with E-state index in [1.807, 2.05) is 37.3 Å². The van der Waals surface area contributed by atoms with Gasteiger partial charge in [0.25, 0.3) is 5.56 Å². The van der Waals surface area contributed by atoms with Gasteiger partial charge < -0.3 is 5.73 Å². The highest BCUT2D eigenvalue weighted by atomic mass is 16.2. The molecule has 0 saturated carbocycles. The monoisotopic (exact) mass is 349 g/mol. The maximum atomic E-state index is 12.5. The molecule has 0 aliphatic rings. The van der Waals surface area contributed by atoms with Gasteiger partial charge in [-0.15, -0.1) is 10.2 Å². The van der Waals surface area contributed by atoms with Crippen molar-refractivity contribution in [2.45, 2.75) is 13.3 Å². The number of hydrogen-bond donors (Lipinski definition) is 2. The second kappa shape index (κ2) is 5.96. The number of hydrogen-bond acceptors (Lipinski definition) is 5. The van der Waals surface area contributed by atoms with Gasteiger partial charge in [-0.2, -0.15) is 5.10 Å². The summed E-state index contributed by atoms with van der Waals surface area (Å²) in [6.45, 7) is 2.01. The first kappa shape index (κ1) is 15.8. The lowest BCUT2D eigenvalue weighted by molar-refractivity contribution is 0.256. The van der Waals surface area contributed by atoms with E-state index in [9.17, 15) is 9.59 Å². The highest BCUT2D eigenvalue weighted by Crippen LogP contribution is 2.28. The van der Waals surface area contributed by atoms with Crippen molar-refractivity contribution in [2.75, 3.05) is 5.43 Å². The van der Waals surface area contributed by atoms with E-state index in [1.165, 1.54) is 6.20 Å². The summed E-state index contributed by atoms with van der Waals surface area (Å²) in [5.41, 5.74) is 10.6. The van der Waals surface area contributed by atoms with Crippen molar-refractivity contribution < 1.29 is 4.79 Å². The highest BCUT2D eigenvalue weighted by Gasteiger charge is 2.18. The molecule has 4 rings (SSSR count). The number of carbonyl (C=O) groups excluding carboxylic acids is 1. The minimum absolute atomic E-state index is 0.0820. The zero-order chi connectivity index (χ0) is 18.3. The molecule has 3 aromatic heterocycles. The molecule has 26 heavy (non-hydrogen) atoms. The predicted octanol–water partition coefficient (Wildman–Crippen LogP) is 1.29. The summed E-state index contributed by atoms with van der Waals surface area (Å²) in [6.07, 6.45) is 2.11. The minimum Gasteiger partial charge on any atom is -0.350 e. The van der Waals surface area contributed by atoms with E-state index in [4.69, 9.17) is 5.73 Å². The minimum atomic E-state index is -0.848. The van der Waals surface area contributed by atoms with Crippen LogP contribution in [0.25, 0.3) is 27.8 Å². The van der Waals surface area contributed by atoms with Gasteiger partial charge in [0.05, 0.1) is 11.3 Å². The number of nitrogens with two attached hydrogens (primary N) is 1. The van der Waals surface area contributed by atoms with Gasteiger partial charge in [0.2, 0.25) is 0 Å². The Morgan fingerprint density at radius 1 is 1.19 bits per heavy atom. The maximum Gasteiger partial charge on any atom is 0.331 e. The number of primary amides is 1. The van der Waals surface area contributed by atoms with Gasteiger partial charge in [0.1, 0.15) is 5.52 Å². The molecular weight excluding hydrogens is 334 g/mol. The lowest BCUT2D eigenvalue weighted by Crippen LogP contribution is -2.36. The van der Waals surface area contributed by atoms with Crippen LogP contribution >= 0.6 is 0 Å². The van der Waals surface area contributed by atoms with Gasteiger partial charge in [0, 0.05) is 6.20 Å². The molecule has 0 aliphatic carbocycles. The number of nitrogens with one attached hydrogen (secondary N) is 1. The molecule has 4 aromatic rings. The molecule has 0 radical (unpaired) electrons. The first-order chi connectivity index (χ1) is 12.6. The largest absolute Gasteiger partial charge is 0.350 e. The van der Waals surface area contributed by atoms with Gasteiger partial charge in [-0.25, -0.2) is 19.4 Å². The number of urea groups is 1. The summed E-state index contributed by atoms with van der Waals surface area (Å²) in [4.78, 5) is 23.5. The number of aromatic nitrogens is 5. The molecule has 0 spiro atoms. The molecule has 3 heterocycles. The number of amides is 2. The van der Waals surface area contributed by atoms with Gasteiger partial charge in [0.15, 0.2) is 11.2 Å². The number of rotatable bonds is 3. The van der Waals surface area contributed by atoms with Gasteiger partial charge in [-0.05, 0) is 18.1 Å². The van der Waals surface area contributed by atoms with E-state index in [0.717, 1.165) is 21.5 Å². The standard InChI is InChI=1S/C17H15N7O2/c1-2-11-13(10-6-4-3-5-7-10)15-20-19-14-12(24(15)21-11)8-9-23(16(14)25)22-17(18)26/h3-9H,2H2,1H3,(H3,18,22,26). The molecule has 130 valence electrons. The third-order valence-corrected chi connectivity index (χ3v) is 4.08. The quantitative estimate of drug-likeness (QED) is 0.577. The molecule has 9 nitrogen and oxygen atoms in total. The average Bonchev–Trinajstić information content (AvgIpc) is 3.03. The normalized spacial score (nSPS) is 11.1. The SMILES string of the molecule is CCc1nn2c(nnc3c(=O)n(NC(N)=O)ccc32)c1-c1ccccc1. The zero-order valence-electron chi connectivity index (χ0n) is 13.9. The van der Waals surface area contributed by atoms with Crippen LogP contribution in [0.3, 0.4) is 0 Å². The summed E-state index contributed by atoms with van der Waals surface area (Å²) >= 11 is 0. The first-order valence-electron chi connectivity index (χ1n) is 8.01. The first-order valence-corrected chi connectivity index (χ1v) is 8.01. The summed E-state index contributed by atoms with van der Waals surface area (Å²) in [6, 6.07) is 10.6. The van der Waals surface area contributed by atoms with E-state index in [2.05, 4.69) is 20.7 Å². The Bertz CT molecular complexity index is 1190. The second-order valence-corrected chi connectivity index (χ2v) is 5.68. The van der Waals surface area contributed by atoms with E-state index >= 15 is 0 Å². The number of carbonyl (C=O) groups is 1. The molecule has 0 fully saturated rings. The Morgan fingerprint density at radius 3 is 2.65 bits per heavy atom. The van der Waals surface area contributed by atoms with Crippen LogP contribution in [0.4, 0.5) is 4.79 Å². The van der Waals surface area contributed by atoms with Crippen LogP contribution in [0.15, 0.2) is 47.4 Å². The third-order valence-electron chi connectivity index (χ3n) is 4.08. The van der Waals surface area contributed by atoms with Crippen molar-refractivity contribution in [3.05, 3.63) is 58.6 Å². The van der Waals surface area contributed by atoms with Crippen LogP contribution in [-0.2, 0) is 6.42 Å². The van der Waals surface area contributed by atoms with Gasteiger partial charge in [-0.1, -0.05) is 37.3 Å². The van der Waals surface area contributed by atoms with Crippen LogP contribution < -0.4 is 16.7 Å². The molecule has 0 atom stereocenters. The van der Waals surface area contributed by atoms with Crippen LogP contribution in [0.5, 0.6) is 0 Å². The second-order valence-electron chi connectivity index (χ2n) is 5.68. The van der Waals surface area contributed by atoms with Gasteiger partial charge >= 0.3 is 6.03 Å². The molecule has 0 unspecified atom stereocenters. The molecule has 0 saturated heterocycles. The number of benzene rings is 1. The molecule has 1 aromatic carbocycles. The third kappa shape index (κ3) is 2.37. The lowest BCUT2D eigenvalue weighted by atomic mass is 10.0. The van der Waals surface area contributed by atoms with Crippen LogP contribution in [0.1, 0.15) is 12.6 Å². The Hall–Kier alpha value is -3.75. The van der Waals surface area contributed by atoms with Crippen molar-refractivity contribution in [1.82, 2.24) is 24.5 Å². The van der Waals surface area contributed by atoms with Crippen LogP contribution in [-0.4, -0.2) is 30.5 Å². The Labute approximate surface area is 147 Å². The summed E-state index contributed by atoms with van der Waals surface area (Å²) in [7, 11) is 0. The number of fused-ring (bicyclic) bond motifs is 3. The molecule has 9 heteroatoms. The molecule has 2 amide bonds. The molecule has 3 N–H and O–H groups in total. The van der Waals surface area contributed by atoms with Crippen molar-refractivity contribution in [1.29, 1.82) is 0 Å². The van der Waals surface area contributed by atoms with Crippen molar-refractivity contribution in [2.24, 2.45) is 5.73 Å². The smallest absolute Gasteiger partial charge is 0.331 e. The summed E-state index contributed by atoms with van der Waals surface area (Å²) in [5, 5.41) is 12.9. The lowest BCUT2D eigenvalue weighted by Gasteiger charge is -2.06. The number of nitrogens with zero attached hydrogens (tertiary/aromatic N) is 5. The van der Waals surface area contributed by atoms with E-state index in [-0.39, 0.29) is 5.52 Å². The molecule has 0 bridgehead atoms. The zero-order valence-corrected chi connectivity index (χ0v) is 13.9. The number of aryl methyl sites for hydroxylation is 1. The summed E-state index contributed by atoms with van der Waals surface area (Å²) in [5.74, 6) is 0. The fraction of sp³-hybridized carbons (Fsp3) is 0.118. The van der Waals surface area contributed by atoms with E-state index in [0.29, 0.717) is 17.6 Å². The maximum absolute atomic E-state index is 12.5. The van der Waals surface area contributed by atoms with Crippen molar-refractivity contribution in [3.63, 3.8) is 0 Å². The van der Waals surface area contributed by atoms with Gasteiger partial charge in [-0.3, -0.25) is 4.79 Å². The fourth-order valence-corrected chi connectivity index (χ4v) is 2.95. The topological polar surface area (TPSA) is 120 Å². The van der Waals surface area contributed by atoms with Crippen LogP contribution in [0, 0.1) is 0 Å². The Balaban J connectivity index is 2.03. The van der Waals surface area contributed by atoms with Crippen LogP contribution in [0.2, 0.25) is 0 Å². The fourth-order valence-electron chi connectivity index (χ4n) is 2.95. The molecule has 0 aliphatic heterocycles. The Kier molecular flexibility index (Phi) is 3.61. The summed E-state index contributed by atoms with van der Waals surface area (Å²) < 4.78 is 2.58. The Morgan fingerprint density at radius 2 is 1.96 bits per heavy atom. The van der Waals surface area contributed by atoms with E-state index in [1.54, 1.807) is 10.6 Å². The number of pyridine rings is 1. The van der Waals surface area contributed by atoms with E-state index < -0.39 is 11.6 Å². The van der Waals surface area contributed by atoms with Crippen molar-refractivity contribution in [3.8, 4) is 11.1 Å². The molecular formula is C17H15N7O2.